The van der Waals surface area contributed by atoms with Gasteiger partial charge in [-0.2, -0.15) is 0 Å². The van der Waals surface area contributed by atoms with E-state index in [2.05, 4.69) is 10.3 Å². The third-order valence-corrected chi connectivity index (χ3v) is 5.60. The molecule has 0 radical (unpaired) electrons. The number of nitrogens with one attached hydrogen (secondary N) is 2. The van der Waals surface area contributed by atoms with Gasteiger partial charge in [0.05, 0.1) is 5.92 Å². The van der Waals surface area contributed by atoms with Crippen molar-refractivity contribution in [3.63, 3.8) is 0 Å². The van der Waals surface area contributed by atoms with E-state index in [4.69, 9.17) is 12.2 Å². The Kier molecular flexibility index (Phi) is 4.20. The lowest BCUT2D eigenvalue weighted by molar-refractivity contribution is -0.126. The normalized spacial score (nSPS) is 24.0. The van der Waals surface area contributed by atoms with Gasteiger partial charge in [0, 0.05) is 31.9 Å². The molecule has 6 nitrogen and oxygen atoms in total. The standard InChI is InChI=1S/C17H24N4O2S/c22-15(18-8-11-3-4-11)12-2-1-7-20(10-12)16(23)14-9-19-17(24)21(14)13-5-6-13/h9,11-13H,1-8,10H2,(H,18,22)(H,19,24). The number of aromatic amines is 1. The van der Waals surface area contributed by atoms with E-state index in [0.717, 1.165) is 32.2 Å². The number of H-pyrrole nitrogens is 1. The Balaban J connectivity index is 1.42. The number of hydrogen-bond acceptors (Lipinski definition) is 3. The van der Waals surface area contributed by atoms with Crippen LogP contribution in [0.3, 0.4) is 0 Å². The molecule has 0 bridgehead atoms. The lowest BCUT2D eigenvalue weighted by Gasteiger charge is -2.32. The Morgan fingerprint density at radius 3 is 2.75 bits per heavy atom. The number of rotatable bonds is 5. The Bertz CT molecular complexity index is 702. The van der Waals surface area contributed by atoms with Crippen molar-refractivity contribution in [3.8, 4) is 0 Å². The molecule has 1 unspecified atom stereocenters. The summed E-state index contributed by atoms with van der Waals surface area (Å²) in [6, 6.07) is 0.366. The Hall–Kier alpha value is -1.63. The van der Waals surface area contributed by atoms with Crippen LogP contribution in [0.2, 0.25) is 0 Å². The van der Waals surface area contributed by atoms with E-state index < -0.39 is 0 Å². The average Bonchev–Trinajstić information content (AvgIpc) is 3.52. The fourth-order valence-electron chi connectivity index (χ4n) is 3.49. The maximum atomic E-state index is 12.9. The number of amides is 2. The highest BCUT2D eigenvalue weighted by Gasteiger charge is 2.33. The first kappa shape index (κ1) is 15.9. The van der Waals surface area contributed by atoms with Gasteiger partial charge in [0.25, 0.3) is 5.91 Å². The maximum Gasteiger partial charge on any atom is 0.272 e. The molecule has 1 aromatic heterocycles. The molecule has 2 aliphatic carbocycles. The van der Waals surface area contributed by atoms with Crippen LogP contribution in [0.4, 0.5) is 0 Å². The van der Waals surface area contributed by atoms with E-state index in [1.54, 1.807) is 6.20 Å². The Morgan fingerprint density at radius 1 is 1.25 bits per heavy atom. The number of aromatic nitrogens is 2. The molecule has 0 aromatic carbocycles. The van der Waals surface area contributed by atoms with Crippen molar-refractivity contribution in [3.05, 3.63) is 16.7 Å². The summed E-state index contributed by atoms with van der Waals surface area (Å²) >= 11 is 5.31. The predicted octanol–water partition coefficient (Wildman–Crippen LogP) is 2.26. The average molecular weight is 348 g/mol. The van der Waals surface area contributed by atoms with Crippen molar-refractivity contribution < 1.29 is 9.59 Å². The number of imidazole rings is 1. The fraction of sp³-hybridized carbons (Fsp3) is 0.706. The molecule has 2 saturated carbocycles. The third-order valence-electron chi connectivity index (χ3n) is 5.28. The molecule has 1 saturated heterocycles. The van der Waals surface area contributed by atoms with Crippen LogP contribution < -0.4 is 5.32 Å². The number of carbonyl (C=O) groups excluding carboxylic acids is 2. The van der Waals surface area contributed by atoms with Crippen LogP contribution in [0.1, 0.15) is 55.1 Å². The second-order valence-electron chi connectivity index (χ2n) is 7.36. The van der Waals surface area contributed by atoms with Crippen molar-refractivity contribution in [2.75, 3.05) is 19.6 Å². The highest BCUT2D eigenvalue weighted by molar-refractivity contribution is 7.71. The summed E-state index contributed by atoms with van der Waals surface area (Å²) in [4.78, 5) is 30.1. The SMILES string of the molecule is O=C(NCC1CC1)C1CCCN(C(=O)c2c[nH]c(=S)n2C2CC2)C1. The minimum Gasteiger partial charge on any atom is -0.356 e. The van der Waals surface area contributed by atoms with Crippen LogP contribution in [0.25, 0.3) is 0 Å². The van der Waals surface area contributed by atoms with E-state index in [-0.39, 0.29) is 17.7 Å². The van der Waals surface area contributed by atoms with Gasteiger partial charge in [-0.15, -0.1) is 0 Å². The molecule has 1 aromatic rings. The maximum absolute atomic E-state index is 12.9. The van der Waals surface area contributed by atoms with Gasteiger partial charge in [0.1, 0.15) is 5.69 Å². The van der Waals surface area contributed by atoms with Gasteiger partial charge in [0.15, 0.2) is 4.77 Å². The quantitative estimate of drug-likeness (QED) is 0.802. The molecule has 1 atom stereocenters. The molecule has 2 heterocycles. The zero-order chi connectivity index (χ0) is 16.7. The lowest BCUT2D eigenvalue weighted by atomic mass is 9.97. The summed E-state index contributed by atoms with van der Waals surface area (Å²) in [5.41, 5.74) is 0.640. The monoisotopic (exact) mass is 348 g/mol. The van der Waals surface area contributed by atoms with Gasteiger partial charge in [-0.3, -0.25) is 9.59 Å². The number of nitrogens with zero attached hydrogens (tertiary/aromatic N) is 2. The molecule has 4 rings (SSSR count). The summed E-state index contributed by atoms with van der Waals surface area (Å²) in [6.07, 6.45) is 8.09. The summed E-state index contributed by atoms with van der Waals surface area (Å²) in [7, 11) is 0. The fourth-order valence-corrected chi connectivity index (χ4v) is 3.79. The Labute approximate surface area is 146 Å². The summed E-state index contributed by atoms with van der Waals surface area (Å²) in [6.45, 7) is 2.02. The molecular formula is C17H24N4O2S. The van der Waals surface area contributed by atoms with E-state index in [1.165, 1.54) is 12.8 Å². The van der Waals surface area contributed by atoms with Crippen LogP contribution >= 0.6 is 12.2 Å². The summed E-state index contributed by atoms with van der Waals surface area (Å²) in [5, 5.41) is 3.05. The summed E-state index contributed by atoms with van der Waals surface area (Å²) < 4.78 is 2.57. The molecule has 1 aliphatic heterocycles. The minimum atomic E-state index is -0.0854. The van der Waals surface area contributed by atoms with Crippen molar-refractivity contribution >= 4 is 24.0 Å². The number of piperidine rings is 1. The molecular weight excluding hydrogens is 324 g/mol. The van der Waals surface area contributed by atoms with E-state index in [0.29, 0.717) is 35.5 Å². The number of carbonyl (C=O) groups is 2. The van der Waals surface area contributed by atoms with Gasteiger partial charge in [-0.1, -0.05) is 0 Å². The Morgan fingerprint density at radius 2 is 2.04 bits per heavy atom. The summed E-state index contributed by atoms with van der Waals surface area (Å²) in [5.74, 6) is 0.692. The topological polar surface area (TPSA) is 70.1 Å². The zero-order valence-corrected chi connectivity index (χ0v) is 14.6. The van der Waals surface area contributed by atoms with Gasteiger partial charge in [0.2, 0.25) is 5.91 Å². The molecule has 24 heavy (non-hydrogen) atoms. The van der Waals surface area contributed by atoms with Crippen LogP contribution in [0.5, 0.6) is 0 Å². The van der Waals surface area contributed by atoms with Gasteiger partial charge in [-0.25, -0.2) is 0 Å². The van der Waals surface area contributed by atoms with Crippen molar-refractivity contribution in [2.24, 2.45) is 11.8 Å². The minimum absolute atomic E-state index is 0.00561. The first-order chi connectivity index (χ1) is 11.6. The molecule has 2 N–H and O–H groups in total. The molecule has 0 spiro atoms. The third kappa shape index (κ3) is 3.27. The highest BCUT2D eigenvalue weighted by atomic mass is 32.1. The van der Waals surface area contributed by atoms with Gasteiger partial charge >= 0.3 is 0 Å². The molecule has 7 heteroatoms. The van der Waals surface area contributed by atoms with Crippen LogP contribution in [0, 0.1) is 16.6 Å². The van der Waals surface area contributed by atoms with E-state index in [9.17, 15) is 9.59 Å². The van der Waals surface area contributed by atoms with Crippen LogP contribution in [-0.4, -0.2) is 45.9 Å². The lowest BCUT2D eigenvalue weighted by Crippen LogP contribution is -2.46. The smallest absolute Gasteiger partial charge is 0.272 e. The van der Waals surface area contributed by atoms with Crippen LogP contribution in [-0.2, 0) is 4.79 Å². The largest absolute Gasteiger partial charge is 0.356 e. The van der Waals surface area contributed by atoms with Crippen molar-refractivity contribution in [1.29, 1.82) is 0 Å². The van der Waals surface area contributed by atoms with Gasteiger partial charge in [-0.05, 0) is 56.7 Å². The number of likely N-dealkylation sites (tertiary alicyclic amines) is 1. The van der Waals surface area contributed by atoms with Crippen molar-refractivity contribution in [1.82, 2.24) is 19.8 Å². The van der Waals surface area contributed by atoms with E-state index >= 15 is 0 Å². The second kappa shape index (κ2) is 6.35. The van der Waals surface area contributed by atoms with Crippen molar-refractivity contribution in [2.45, 2.75) is 44.6 Å². The molecule has 3 fully saturated rings. The predicted molar refractivity (Wildman–Crippen MR) is 92.2 cm³/mol. The van der Waals surface area contributed by atoms with E-state index in [1.807, 2.05) is 9.47 Å². The molecule has 3 aliphatic rings. The first-order valence-electron chi connectivity index (χ1n) is 9.00. The first-order valence-corrected chi connectivity index (χ1v) is 9.41. The number of hydrogen-bond donors (Lipinski definition) is 2. The van der Waals surface area contributed by atoms with Crippen LogP contribution in [0.15, 0.2) is 6.20 Å². The zero-order valence-electron chi connectivity index (χ0n) is 13.8. The highest BCUT2D eigenvalue weighted by Crippen LogP contribution is 2.36. The molecule has 2 amide bonds. The van der Waals surface area contributed by atoms with Gasteiger partial charge < -0.3 is 19.8 Å². The molecule has 130 valence electrons. The second-order valence-corrected chi connectivity index (χ2v) is 7.75.